The zero-order chi connectivity index (χ0) is 14.5. The second-order valence-corrected chi connectivity index (χ2v) is 5.88. The van der Waals surface area contributed by atoms with Crippen LogP contribution >= 0.6 is 0 Å². The van der Waals surface area contributed by atoms with E-state index < -0.39 is 0 Å². The van der Waals surface area contributed by atoms with E-state index in [1.807, 2.05) is 4.68 Å². The van der Waals surface area contributed by atoms with Crippen LogP contribution in [0.1, 0.15) is 37.8 Å². The molecule has 0 saturated carbocycles. The minimum absolute atomic E-state index is 0.102. The summed E-state index contributed by atoms with van der Waals surface area (Å²) in [5.74, 6) is 2.00. The molecule has 0 bridgehead atoms. The summed E-state index contributed by atoms with van der Waals surface area (Å²) in [6, 6.07) is 0. The lowest BCUT2D eigenvalue weighted by molar-refractivity contribution is -0.0950. The van der Waals surface area contributed by atoms with Gasteiger partial charge in [-0.05, 0) is 25.9 Å². The first-order valence-corrected chi connectivity index (χ1v) is 8.19. The van der Waals surface area contributed by atoms with Crippen LogP contribution in [-0.4, -0.2) is 58.7 Å². The second kappa shape index (κ2) is 7.33. The molecule has 0 N–H and O–H groups in total. The molecule has 0 unspecified atom stereocenters. The maximum atomic E-state index is 5.74. The maximum absolute atomic E-state index is 5.74. The van der Waals surface area contributed by atoms with E-state index in [9.17, 15) is 0 Å². The smallest absolute Gasteiger partial charge is 0.150 e. The van der Waals surface area contributed by atoms with E-state index in [1.54, 1.807) is 0 Å². The van der Waals surface area contributed by atoms with Crippen molar-refractivity contribution in [3.05, 3.63) is 11.6 Å². The Labute approximate surface area is 126 Å². The number of piperidine rings is 1. The number of aryl methyl sites for hydroxylation is 1. The molecule has 0 aliphatic carbocycles. The van der Waals surface area contributed by atoms with E-state index in [0.29, 0.717) is 19.8 Å². The van der Waals surface area contributed by atoms with E-state index in [-0.39, 0.29) is 6.10 Å². The van der Waals surface area contributed by atoms with Crippen LogP contribution in [0.4, 0.5) is 0 Å². The molecule has 118 valence electrons. The highest BCUT2D eigenvalue weighted by Gasteiger charge is 2.20. The SMILES string of the molecule is CCc1nc(CN2CCCCC2)n(C[C@H]2COCCO2)n1. The Morgan fingerprint density at radius 1 is 1.19 bits per heavy atom. The molecule has 0 aromatic carbocycles. The van der Waals surface area contributed by atoms with Gasteiger partial charge in [0.05, 0.1) is 32.9 Å². The van der Waals surface area contributed by atoms with Crippen molar-refractivity contribution in [2.24, 2.45) is 0 Å². The first-order valence-electron chi connectivity index (χ1n) is 8.19. The predicted molar refractivity (Wildman–Crippen MR) is 79.1 cm³/mol. The van der Waals surface area contributed by atoms with Crippen molar-refractivity contribution in [2.75, 3.05) is 32.9 Å². The Kier molecular flexibility index (Phi) is 5.22. The third-order valence-electron chi connectivity index (χ3n) is 4.18. The fraction of sp³-hybridized carbons (Fsp3) is 0.867. The minimum Gasteiger partial charge on any atom is -0.376 e. The van der Waals surface area contributed by atoms with Gasteiger partial charge in [0.25, 0.3) is 0 Å². The molecular formula is C15H26N4O2. The number of hydrogen-bond donors (Lipinski definition) is 0. The Morgan fingerprint density at radius 3 is 2.76 bits per heavy atom. The first-order chi connectivity index (χ1) is 10.3. The van der Waals surface area contributed by atoms with Crippen molar-refractivity contribution in [2.45, 2.75) is 51.8 Å². The van der Waals surface area contributed by atoms with Gasteiger partial charge in [-0.3, -0.25) is 4.90 Å². The molecule has 3 heterocycles. The number of rotatable bonds is 5. The van der Waals surface area contributed by atoms with Crippen LogP contribution in [-0.2, 0) is 29.0 Å². The van der Waals surface area contributed by atoms with Gasteiger partial charge in [0.1, 0.15) is 11.9 Å². The van der Waals surface area contributed by atoms with Crippen LogP contribution in [0.2, 0.25) is 0 Å². The van der Waals surface area contributed by atoms with Gasteiger partial charge in [-0.1, -0.05) is 13.3 Å². The summed E-state index contributed by atoms with van der Waals surface area (Å²) in [5, 5.41) is 4.63. The first kappa shape index (κ1) is 14.9. The van der Waals surface area contributed by atoms with Gasteiger partial charge in [-0.2, -0.15) is 5.10 Å². The van der Waals surface area contributed by atoms with Crippen molar-refractivity contribution < 1.29 is 9.47 Å². The summed E-state index contributed by atoms with van der Waals surface area (Å²) in [6.45, 7) is 8.15. The van der Waals surface area contributed by atoms with Gasteiger partial charge < -0.3 is 9.47 Å². The zero-order valence-corrected chi connectivity index (χ0v) is 13.0. The fourth-order valence-electron chi connectivity index (χ4n) is 2.99. The second-order valence-electron chi connectivity index (χ2n) is 5.88. The van der Waals surface area contributed by atoms with Crippen molar-refractivity contribution in [3.8, 4) is 0 Å². The van der Waals surface area contributed by atoms with Crippen molar-refractivity contribution in [3.63, 3.8) is 0 Å². The third kappa shape index (κ3) is 4.02. The highest BCUT2D eigenvalue weighted by molar-refractivity contribution is 4.94. The van der Waals surface area contributed by atoms with Crippen molar-refractivity contribution in [1.82, 2.24) is 19.7 Å². The summed E-state index contributed by atoms with van der Waals surface area (Å²) in [6.07, 6.45) is 4.94. The number of hydrogen-bond acceptors (Lipinski definition) is 5. The Balaban J connectivity index is 1.66. The molecule has 2 aliphatic rings. The predicted octanol–water partition coefficient (Wildman–Crippen LogP) is 1.24. The van der Waals surface area contributed by atoms with Gasteiger partial charge in [0.2, 0.25) is 0 Å². The number of likely N-dealkylation sites (tertiary alicyclic amines) is 1. The van der Waals surface area contributed by atoms with Crippen molar-refractivity contribution >= 4 is 0 Å². The molecule has 6 heteroatoms. The van der Waals surface area contributed by atoms with Crippen LogP contribution in [0.15, 0.2) is 0 Å². The van der Waals surface area contributed by atoms with E-state index in [4.69, 9.17) is 14.5 Å². The Bertz CT molecular complexity index is 399. The zero-order valence-electron chi connectivity index (χ0n) is 13.0. The standard InChI is InChI=1S/C15H26N4O2/c1-2-14-16-15(11-18-6-4-3-5-7-18)19(17-14)10-13-12-20-8-9-21-13/h13H,2-12H2,1H3/t13-/m0/s1. The van der Waals surface area contributed by atoms with Gasteiger partial charge >= 0.3 is 0 Å². The van der Waals surface area contributed by atoms with Gasteiger partial charge in [0.15, 0.2) is 5.82 Å². The molecule has 1 aromatic heterocycles. The highest BCUT2D eigenvalue weighted by atomic mass is 16.6. The summed E-state index contributed by atoms with van der Waals surface area (Å²) >= 11 is 0. The van der Waals surface area contributed by atoms with Gasteiger partial charge in [0, 0.05) is 6.42 Å². The summed E-state index contributed by atoms with van der Waals surface area (Å²) in [4.78, 5) is 7.19. The Hall–Kier alpha value is -0.980. The molecule has 2 aliphatic heterocycles. The van der Waals surface area contributed by atoms with Crippen LogP contribution in [0.25, 0.3) is 0 Å². The van der Waals surface area contributed by atoms with Crippen LogP contribution in [0, 0.1) is 0 Å². The molecule has 21 heavy (non-hydrogen) atoms. The summed E-state index contributed by atoms with van der Waals surface area (Å²) in [5.41, 5.74) is 0. The Morgan fingerprint density at radius 2 is 2.05 bits per heavy atom. The van der Waals surface area contributed by atoms with Gasteiger partial charge in [-0.15, -0.1) is 0 Å². The number of aromatic nitrogens is 3. The molecule has 3 rings (SSSR count). The molecule has 1 atom stereocenters. The topological polar surface area (TPSA) is 52.4 Å². The lowest BCUT2D eigenvalue weighted by Gasteiger charge is -2.27. The normalized spacial score (nSPS) is 24.3. The van der Waals surface area contributed by atoms with Gasteiger partial charge in [-0.25, -0.2) is 9.67 Å². The number of ether oxygens (including phenoxy) is 2. The van der Waals surface area contributed by atoms with E-state index in [2.05, 4.69) is 16.9 Å². The number of nitrogens with zero attached hydrogens (tertiary/aromatic N) is 4. The third-order valence-corrected chi connectivity index (χ3v) is 4.18. The molecule has 2 saturated heterocycles. The minimum atomic E-state index is 0.102. The fourth-order valence-corrected chi connectivity index (χ4v) is 2.99. The van der Waals surface area contributed by atoms with Crippen LogP contribution in [0.3, 0.4) is 0 Å². The molecule has 0 radical (unpaired) electrons. The molecule has 2 fully saturated rings. The largest absolute Gasteiger partial charge is 0.376 e. The molecule has 0 amide bonds. The van der Waals surface area contributed by atoms with E-state index in [1.165, 1.54) is 32.4 Å². The average molecular weight is 294 g/mol. The van der Waals surface area contributed by atoms with Crippen LogP contribution < -0.4 is 0 Å². The molecule has 0 spiro atoms. The summed E-state index contributed by atoms with van der Waals surface area (Å²) < 4.78 is 13.3. The molecular weight excluding hydrogens is 268 g/mol. The average Bonchev–Trinajstić information content (AvgIpc) is 2.91. The van der Waals surface area contributed by atoms with E-state index in [0.717, 1.165) is 31.2 Å². The summed E-state index contributed by atoms with van der Waals surface area (Å²) in [7, 11) is 0. The highest BCUT2D eigenvalue weighted by Crippen LogP contribution is 2.13. The maximum Gasteiger partial charge on any atom is 0.150 e. The molecule has 1 aromatic rings. The van der Waals surface area contributed by atoms with E-state index >= 15 is 0 Å². The lowest BCUT2D eigenvalue weighted by Crippen LogP contribution is -2.34. The van der Waals surface area contributed by atoms with Crippen LogP contribution in [0.5, 0.6) is 0 Å². The lowest BCUT2D eigenvalue weighted by atomic mass is 10.1. The van der Waals surface area contributed by atoms with Crippen molar-refractivity contribution in [1.29, 1.82) is 0 Å². The monoisotopic (exact) mass is 294 g/mol. The molecule has 6 nitrogen and oxygen atoms in total. The quantitative estimate of drug-likeness (QED) is 0.818.